The number of nitrogens with zero attached hydrogens (tertiary/aromatic N) is 1. The summed E-state index contributed by atoms with van der Waals surface area (Å²) in [5.41, 5.74) is 0.935. The van der Waals surface area contributed by atoms with Crippen LogP contribution in [0.1, 0.15) is 11.1 Å². The zero-order valence-electron chi connectivity index (χ0n) is 13.0. The van der Waals surface area contributed by atoms with Crippen LogP contribution in [0.15, 0.2) is 38.1 Å². The van der Waals surface area contributed by atoms with Crippen LogP contribution in [-0.2, 0) is 4.79 Å². The number of aromatic nitrogens is 2. The van der Waals surface area contributed by atoms with Crippen LogP contribution in [0.3, 0.4) is 0 Å². The van der Waals surface area contributed by atoms with Crippen LogP contribution >= 0.6 is 23.1 Å². The molecule has 0 radical (unpaired) electrons. The van der Waals surface area contributed by atoms with Gasteiger partial charge in [-0.3, -0.25) is 14.6 Å². The number of amides is 1. The Kier molecular flexibility index (Phi) is 4.74. The zero-order valence-corrected chi connectivity index (χ0v) is 14.6. The molecule has 1 amide bonds. The van der Waals surface area contributed by atoms with E-state index in [9.17, 15) is 19.6 Å². The number of anilines is 1. The highest BCUT2D eigenvalue weighted by Crippen LogP contribution is 2.34. The second kappa shape index (κ2) is 6.96. The van der Waals surface area contributed by atoms with Crippen molar-refractivity contribution in [2.24, 2.45) is 0 Å². The molecule has 2 heterocycles. The monoisotopic (exact) mass is 372 g/mol. The quantitative estimate of drug-likeness (QED) is 0.607. The number of carbonyl (C=O) groups excluding carboxylic acids is 1. The molecule has 126 valence electrons. The van der Waals surface area contributed by atoms with Gasteiger partial charge in [0.2, 0.25) is 5.91 Å². The molecule has 0 spiro atoms. The van der Waals surface area contributed by atoms with Gasteiger partial charge < -0.3 is 10.3 Å². The minimum atomic E-state index is -0.666. The van der Waals surface area contributed by atoms with Gasteiger partial charge in [0.1, 0.15) is 16.3 Å². The van der Waals surface area contributed by atoms with Gasteiger partial charge in [0, 0.05) is 5.69 Å². The van der Waals surface area contributed by atoms with Crippen LogP contribution in [0.25, 0.3) is 10.2 Å². The van der Waals surface area contributed by atoms with Gasteiger partial charge in [0.15, 0.2) is 0 Å². The second-order valence-corrected chi connectivity index (χ2v) is 7.46. The number of H-pyrrole nitrogens is 2. The van der Waals surface area contributed by atoms with Crippen LogP contribution in [0, 0.1) is 18.3 Å². The largest absolute Gasteiger partial charge is 0.326 e. The summed E-state index contributed by atoms with van der Waals surface area (Å²) < 4.78 is 0.780. The minimum absolute atomic E-state index is 0.0809. The van der Waals surface area contributed by atoms with Crippen molar-refractivity contribution in [1.82, 2.24) is 9.97 Å². The van der Waals surface area contributed by atoms with E-state index in [-0.39, 0.29) is 27.4 Å². The third-order valence-electron chi connectivity index (χ3n) is 3.30. The maximum atomic E-state index is 12.1. The van der Waals surface area contributed by atoms with Gasteiger partial charge >= 0.3 is 5.69 Å². The standard InChI is InChI=1S/C16H12N4O3S2/c1-8-3-2-4-9(5-8)18-11(21)7-24-15-10(6-17)12-13(25-15)14(22)20-16(23)19-12/h2-5H,7H2,1H3,(H,18,21)(H2,19,20,22,23). The van der Waals surface area contributed by atoms with Crippen LogP contribution in [0.4, 0.5) is 5.69 Å². The third kappa shape index (κ3) is 3.65. The van der Waals surface area contributed by atoms with Crippen molar-refractivity contribution in [3.8, 4) is 6.07 Å². The number of fused-ring (bicyclic) bond motifs is 1. The van der Waals surface area contributed by atoms with Crippen LogP contribution in [0.5, 0.6) is 0 Å². The van der Waals surface area contributed by atoms with Crippen LogP contribution < -0.4 is 16.6 Å². The minimum Gasteiger partial charge on any atom is -0.325 e. The number of carbonyl (C=O) groups is 1. The number of hydrogen-bond donors (Lipinski definition) is 3. The maximum absolute atomic E-state index is 12.1. The fourth-order valence-corrected chi connectivity index (χ4v) is 4.37. The van der Waals surface area contributed by atoms with Crippen LogP contribution in [0.2, 0.25) is 0 Å². The summed E-state index contributed by atoms with van der Waals surface area (Å²) in [6.45, 7) is 1.93. The van der Waals surface area contributed by atoms with Gasteiger partial charge in [-0.25, -0.2) is 4.79 Å². The first-order chi connectivity index (χ1) is 12.0. The molecule has 9 heteroatoms. The summed E-state index contributed by atoms with van der Waals surface area (Å²) in [5.74, 6) is -0.142. The summed E-state index contributed by atoms with van der Waals surface area (Å²) in [4.78, 5) is 39.9. The maximum Gasteiger partial charge on any atom is 0.326 e. The van der Waals surface area contributed by atoms with Gasteiger partial charge in [0.05, 0.1) is 15.5 Å². The highest BCUT2D eigenvalue weighted by molar-refractivity contribution is 8.02. The van der Waals surface area contributed by atoms with Crippen molar-refractivity contribution in [2.75, 3.05) is 11.1 Å². The lowest BCUT2D eigenvalue weighted by Gasteiger charge is -2.05. The molecule has 0 unspecified atom stereocenters. The molecule has 0 bridgehead atoms. The average Bonchev–Trinajstić information content (AvgIpc) is 2.90. The summed E-state index contributed by atoms with van der Waals surface area (Å²) in [5, 5.41) is 12.1. The molecule has 2 aromatic heterocycles. The Morgan fingerprint density at radius 3 is 2.88 bits per heavy atom. The van der Waals surface area contributed by atoms with E-state index in [0.29, 0.717) is 9.90 Å². The fourth-order valence-electron chi connectivity index (χ4n) is 2.25. The van der Waals surface area contributed by atoms with Crippen molar-refractivity contribution < 1.29 is 4.79 Å². The van der Waals surface area contributed by atoms with E-state index < -0.39 is 11.2 Å². The smallest absolute Gasteiger partial charge is 0.325 e. The second-order valence-electron chi connectivity index (χ2n) is 5.20. The number of hydrogen-bond acceptors (Lipinski definition) is 6. The van der Waals surface area contributed by atoms with Crippen molar-refractivity contribution in [2.45, 2.75) is 11.1 Å². The molecule has 0 aliphatic rings. The number of benzene rings is 1. The molecule has 0 aliphatic carbocycles. The first-order valence-corrected chi connectivity index (χ1v) is 8.96. The molecule has 3 aromatic rings. The molecule has 0 atom stereocenters. The number of thiophene rings is 1. The lowest BCUT2D eigenvalue weighted by Crippen LogP contribution is -2.20. The predicted molar refractivity (Wildman–Crippen MR) is 98.3 cm³/mol. The van der Waals surface area contributed by atoms with Gasteiger partial charge in [-0.05, 0) is 24.6 Å². The number of rotatable bonds is 4. The lowest BCUT2D eigenvalue weighted by molar-refractivity contribution is -0.113. The Labute approximate surface area is 149 Å². The van der Waals surface area contributed by atoms with Crippen molar-refractivity contribution in [3.05, 3.63) is 56.2 Å². The molecule has 3 N–H and O–H groups in total. The van der Waals surface area contributed by atoms with Gasteiger partial charge in [-0.15, -0.1) is 23.1 Å². The van der Waals surface area contributed by atoms with Crippen molar-refractivity contribution in [1.29, 1.82) is 5.26 Å². The van der Waals surface area contributed by atoms with Crippen molar-refractivity contribution in [3.63, 3.8) is 0 Å². The molecule has 3 rings (SSSR count). The Morgan fingerprint density at radius 2 is 2.16 bits per heavy atom. The molecule has 1 aromatic carbocycles. The van der Waals surface area contributed by atoms with Crippen molar-refractivity contribution >= 4 is 44.9 Å². The molecule has 0 fully saturated rings. The van der Waals surface area contributed by atoms with E-state index in [0.717, 1.165) is 28.7 Å². The number of thioether (sulfide) groups is 1. The van der Waals surface area contributed by atoms with E-state index in [4.69, 9.17) is 0 Å². The number of nitrogens with one attached hydrogen (secondary N) is 3. The fraction of sp³-hybridized carbons (Fsp3) is 0.125. The molecular weight excluding hydrogens is 360 g/mol. The van der Waals surface area contributed by atoms with E-state index >= 15 is 0 Å². The Balaban J connectivity index is 1.80. The highest BCUT2D eigenvalue weighted by Gasteiger charge is 2.17. The molecule has 7 nitrogen and oxygen atoms in total. The zero-order chi connectivity index (χ0) is 18.0. The molecule has 0 saturated heterocycles. The number of nitriles is 1. The molecular formula is C16H12N4O3S2. The molecule has 25 heavy (non-hydrogen) atoms. The SMILES string of the molecule is Cc1cccc(NC(=O)CSc2sc3c(=O)[nH]c(=O)[nH]c3c2C#N)c1. The molecule has 0 aliphatic heterocycles. The molecule has 0 saturated carbocycles. The van der Waals surface area contributed by atoms with Gasteiger partial charge in [-0.2, -0.15) is 5.26 Å². The first kappa shape index (κ1) is 17.0. The van der Waals surface area contributed by atoms with Gasteiger partial charge in [-0.1, -0.05) is 12.1 Å². The Bertz CT molecular complexity index is 1120. The Morgan fingerprint density at radius 1 is 1.36 bits per heavy atom. The van der Waals surface area contributed by atoms with Crippen LogP contribution in [-0.4, -0.2) is 21.6 Å². The average molecular weight is 372 g/mol. The first-order valence-electron chi connectivity index (χ1n) is 7.16. The van der Waals surface area contributed by atoms with E-state index in [1.165, 1.54) is 0 Å². The summed E-state index contributed by atoms with van der Waals surface area (Å²) in [6, 6.07) is 9.41. The number of aryl methyl sites for hydroxylation is 1. The van der Waals surface area contributed by atoms with E-state index in [1.807, 2.05) is 31.2 Å². The summed E-state index contributed by atoms with van der Waals surface area (Å²) in [7, 11) is 0. The predicted octanol–water partition coefficient (Wildman–Crippen LogP) is 2.19. The normalized spacial score (nSPS) is 10.6. The summed E-state index contributed by atoms with van der Waals surface area (Å²) >= 11 is 2.23. The van der Waals surface area contributed by atoms with E-state index in [1.54, 1.807) is 6.07 Å². The highest BCUT2D eigenvalue weighted by atomic mass is 32.2. The van der Waals surface area contributed by atoms with Gasteiger partial charge in [0.25, 0.3) is 5.56 Å². The lowest BCUT2D eigenvalue weighted by atomic mass is 10.2. The topological polar surface area (TPSA) is 119 Å². The van der Waals surface area contributed by atoms with E-state index in [2.05, 4.69) is 15.3 Å². The Hall–Kier alpha value is -2.83. The number of aromatic amines is 2. The summed E-state index contributed by atoms with van der Waals surface area (Å²) in [6.07, 6.45) is 0. The third-order valence-corrected chi connectivity index (χ3v) is 5.76.